The average Bonchev–Trinajstić information content (AvgIpc) is 3.62. The van der Waals surface area contributed by atoms with E-state index < -0.39 is 0 Å². The summed E-state index contributed by atoms with van der Waals surface area (Å²) in [7, 11) is 0. The van der Waals surface area contributed by atoms with Gasteiger partial charge in [0.05, 0.1) is 16.7 Å². The van der Waals surface area contributed by atoms with Gasteiger partial charge in [0, 0.05) is 21.7 Å². The van der Waals surface area contributed by atoms with E-state index in [0.717, 1.165) is 44.2 Å². The van der Waals surface area contributed by atoms with E-state index >= 15 is 0 Å². The van der Waals surface area contributed by atoms with Crippen LogP contribution in [0.4, 0.5) is 4.39 Å². The van der Waals surface area contributed by atoms with E-state index in [2.05, 4.69) is 123 Å². The summed E-state index contributed by atoms with van der Waals surface area (Å²) >= 11 is 0. The second-order valence-corrected chi connectivity index (χ2v) is 12.6. The first-order valence-corrected chi connectivity index (χ1v) is 15.6. The van der Waals surface area contributed by atoms with Crippen LogP contribution >= 0.6 is 0 Å². The molecule has 0 aliphatic rings. The van der Waals surface area contributed by atoms with Crippen molar-refractivity contribution in [2.45, 2.75) is 39.5 Å². The molecule has 8 rings (SSSR count). The molecule has 220 valence electrons. The second kappa shape index (κ2) is 10.4. The topological polar surface area (TPSA) is 31.0 Å². The maximum Gasteiger partial charge on any atom is 0.145 e. The van der Waals surface area contributed by atoms with Crippen LogP contribution in [0.5, 0.6) is 0 Å². The summed E-state index contributed by atoms with van der Waals surface area (Å²) in [6.07, 6.45) is 0. The molecule has 0 aliphatic carbocycles. The highest BCUT2D eigenvalue weighted by Gasteiger charge is 2.25. The zero-order chi connectivity index (χ0) is 30.8. The van der Waals surface area contributed by atoms with Crippen LogP contribution in [-0.2, 0) is 0 Å². The molecule has 8 aromatic rings. The molecule has 45 heavy (non-hydrogen) atoms. The molecule has 0 saturated carbocycles. The standard InChI is InChI=1S/C41H33FN2O/c1-24(2)32-21-29(26-10-6-5-7-11-26)22-33(25(3)4)39(32)44-40-31-13-9-8-12-27(31)14-17-36(40)43-41(44)28-15-18-37-34(20-28)35-23-30(42)16-19-38(35)45-37/h5-25H,1-4H3. The Kier molecular flexibility index (Phi) is 6.35. The Labute approximate surface area is 261 Å². The van der Waals surface area contributed by atoms with Gasteiger partial charge in [0.1, 0.15) is 22.8 Å². The molecule has 0 saturated heterocycles. The van der Waals surface area contributed by atoms with Gasteiger partial charge in [0.15, 0.2) is 0 Å². The minimum atomic E-state index is -0.282. The first-order valence-electron chi connectivity index (χ1n) is 15.6. The number of halogens is 1. The molecule has 4 heteroatoms. The molecule has 3 nitrogen and oxygen atoms in total. The predicted molar refractivity (Wildman–Crippen MR) is 185 cm³/mol. The maximum atomic E-state index is 14.4. The van der Waals surface area contributed by atoms with Gasteiger partial charge in [-0.3, -0.25) is 4.57 Å². The van der Waals surface area contributed by atoms with E-state index in [1.165, 1.54) is 39.4 Å². The lowest BCUT2D eigenvalue weighted by Crippen LogP contribution is -2.09. The lowest BCUT2D eigenvalue weighted by molar-refractivity contribution is 0.626. The maximum absolute atomic E-state index is 14.4. The van der Waals surface area contributed by atoms with Crippen molar-refractivity contribution in [3.63, 3.8) is 0 Å². The number of nitrogens with zero attached hydrogens (tertiary/aromatic N) is 2. The van der Waals surface area contributed by atoms with E-state index in [9.17, 15) is 4.39 Å². The number of rotatable bonds is 5. The van der Waals surface area contributed by atoms with E-state index in [1.807, 2.05) is 6.07 Å². The molecular weight excluding hydrogens is 555 g/mol. The van der Waals surface area contributed by atoms with E-state index in [0.29, 0.717) is 5.58 Å². The third-order valence-electron chi connectivity index (χ3n) is 8.97. The van der Waals surface area contributed by atoms with Crippen LogP contribution in [0.15, 0.2) is 120 Å². The number of fused-ring (bicyclic) bond motifs is 6. The first-order chi connectivity index (χ1) is 21.9. The molecule has 2 aromatic heterocycles. The number of benzene rings is 6. The highest BCUT2D eigenvalue weighted by atomic mass is 19.1. The van der Waals surface area contributed by atoms with Gasteiger partial charge >= 0.3 is 0 Å². The fourth-order valence-electron chi connectivity index (χ4n) is 6.75. The summed E-state index contributed by atoms with van der Waals surface area (Å²) < 4.78 is 22.9. The molecule has 0 N–H and O–H groups in total. The Morgan fingerprint density at radius 1 is 0.600 bits per heavy atom. The number of hydrogen-bond donors (Lipinski definition) is 0. The van der Waals surface area contributed by atoms with Gasteiger partial charge < -0.3 is 4.42 Å². The molecule has 0 atom stereocenters. The number of furan rings is 1. The predicted octanol–water partition coefficient (Wildman–Crippen LogP) is 11.8. The largest absolute Gasteiger partial charge is 0.456 e. The molecule has 0 radical (unpaired) electrons. The molecule has 0 unspecified atom stereocenters. The second-order valence-electron chi connectivity index (χ2n) is 12.6. The zero-order valence-electron chi connectivity index (χ0n) is 25.8. The molecule has 0 bridgehead atoms. The number of aromatic nitrogens is 2. The third-order valence-corrected chi connectivity index (χ3v) is 8.97. The Balaban J connectivity index is 1.51. The van der Waals surface area contributed by atoms with E-state index in [4.69, 9.17) is 9.40 Å². The van der Waals surface area contributed by atoms with E-state index in [-0.39, 0.29) is 17.7 Å². The zero-order valence-corrected chi connectivity index (χ0v) is 25.8. The lowest BCUT2D eigenvalue weighted by atomic mass is 9.88. The highest BCUT2D eigenvalue weighted by Crippen LogP contribution is 2.42. The van der Waals surface area contributed by atoms with Crippen molar-refractivity contribution in [2.75, 3.05) is 0 Å². The quantitative estimate of drug-likeness (QED) is 0.200. The summed E-state index contributed by atoms with van der Waals surface area (Å²) in [6.45, 7) is 9.08. The average molecular weight is 589 g/mol. The van der Waals surface area contributed by atoms with Crippen molar-refractivity contribution in [1.29, 1.82) is 0 Å². The minimum Gasteiger partial charge on any atom is -0.456 e. The van der Waals surface area contributed by atoms with Crippen molar-refractivity contribution < 1.29 is 8.81 Å². The molecular formula is C41H33FN2O. The number of hydrogen-bond acceptors (Lipinski definition) is 2. The lowest BCUT2D eigenvalue weighted by Gasteiger charge is -2.24. The van der Waals surface area contributed by atoms with Crippen LogP contribution in [0.2, 0.25) is 0 Å². The highest BCUT2D eigenvalue weighted by molar-refractivity contribution is 6.08. The summed E-state index contributed by atoms with van der Waals surface area (Å²) in [6, 6.07) is 39.0. The molecule has 0 amide bonds. The Bertz CT molecular complexity index is 2370. The minimum absolute atomic E-state index is 0.254. The molecule has 2 heterocycles. The van der Waals surface area contributed by atoms with Crippen LogP contribution in [0.1, 0.15) is 50.7 Å². The van der Waals surface area contributed by atoms with Crippen molar-refractivity contribution in [3.8, 4) is 28.2 Å². The fourth-order valence-corrected chi connectivity index (χ4v) is 6.75. The van der Waals surface area contributed by atoms with Crippen LogP contribution in [0, 0.1) is 5.82 Å². The molecule has 0 aliphatic heterocycles. The van der Waals surface area contributed by atoms with Crippen molar-refractivity contribution >= 4 is 43.7 Å². The van der Waals surface area contributed by atoms with E-state index in [1.54, 1.807) is 12.1 Å². The molecule has 0 spiro atoms. The Morgan fingerprint density at radius 3 is 2.00 bits per heavy atom. The summed E-state index contributed by atoms with van der Waals surface area (Å²) in [4.78, 5) is 5.34. The van der Waals surface area contributed by atoms with Crippen LogP contribution in [0.3, 0.4) is 0 Å². The van der Waals surface area contributed by atoms with Gasteiger partial charge in [-0.05, 0) is 94.1 Å². The van der Waals surface area contributed by atoms with Gasteiger partial charge in [-0.2, -0.15) is 0 Å². The van der Waals surface area contributed by atoms with Gasteiger partial charge in [-0.1, -0.05) is 88.4 Å². The first kappa shape index (κ1) is 27.3. The monoisotopic (exact) mass is 588 g/mol. The van der Waals surface area contributed by atoms with Gasteiger partial charge in [-0.25, -0.2) is 9.37 Å². The summed E-state index contributed by atoms with van der Waals surface area (Å²) in [5.41, 5.74) is 10.5. The molecule has 6 aromatic carbocycles. The smallest absolute Gasteiger partial charge is 0.145 e. The van der Waals surface area contributed by atoms with Gasteiger partial charge in [-0.15, -0.1) is 0 Å². The van der Waals surface area contributed by atoms with Crippen LogP contribution in [-0.4, -0.2) is 9.55 Å². The van der Waals surface area contributed by atoms with Crippen molar-refractivity contribution in [1.82, 2.24) is 9.55 Å². The number of imidazole rings is 1. The van der Waals surface area contributed by atoms with Crippen LogP contribution in [0.25, 0.3) is 71.9 Å². The van der Waals surface area contributed by atoms with Crippen molar-refractivity contribution in [2.24, 2.45) is 0 Å². The third kappa shape index (κ3) is 4.43. The fraction of sp³-hybridized carbons (Fsp3) is 0.146. The van der Waals surface area contributed by atoms with Crippen molar-refractivity contribution in [3.05, 3.63) is 132 Å². The summed E-state index contributed by atoms with van der Waals surface area (Å²) in [5.74, 6) is 1.08. The van der Waals surface area contributed by atoms with Gasteiger partial charge in [0.2, 0.25) is 0 Å². The molecule has 0 fully saturated rings. The normalized spacial score (nSPS) is 12.1. The SMILES string of the molecule is CC(C)c1cc(-c2ccccc2)cc(C(C)C)c1-n1c(-c2ccc3oc4ccc(F)cc4c3c2)nc2ccc3ccccc3c21. The van der Waals surface area contributed by atoms with Crippen LogP contribution < -0.4 is 0 Å². The van der Waals surface area contributed by atoms with Gasteiger partial charge in [0.25, 0.3) is 0 Å². The Morgan fingerprint density at radius 2 is 1.27 bits per heavy atom. The Hall–Kier alpha value is -5.22. The summed E-state index contributed by atoms with van der Waals surface area (Å²) in [5, 5.41) is 3.96.